The lowest BCUT2D eigenvalue weighted by atomic mass is 10.0. The SMILES string of the molecule is Fc1ccc(CNC[C@@H]2CC(c3ccc4c(c3)OCO4)=NO2)c(F)c1. The molecule has 2 heterocycles. The van der Waals surface area contributed by atoms with Crippen LogP contribution in [0, 0.1) is 11.6 Å². The molecule has 7 heteroatoms. The highest BCUT2D eigenvalue weighted by molar-refractivity contribution is 6.01. The topological polar surface area (TPSA) is 52.1 Å². The zero-order chi connectivity index (χ0) is 17.2. The van der Waals surface area contributed by atoms with E-state index in [-0.39, 0.29) is 12.9 Å². The number of hydrogen-bond acceptors (Lipinski definition) is 5. The van der Waals surface area contributed by atoms with E-state index in [9.17, 15) is 8.78 Å². The molecule has 0 saturated carbocycles. The van der Waals surface area contributed by atoms with Crippen LogP contribution in [-0.2, 0) is 11.4 Å². The van der Waals surface area contributed by atoms with Crippen molar-refractivity contribution in [1.29, 1.82) is 0 Å². The Morgan fingerprint density at radius 1 is 1.08 bits per heavy atom. The van der Waals surface area contributed by atoms with E-state index in [1.807, 2.05) is 18.2 Å². The van der Waals surface area contributed by atoms with Crippen molar-refractivity contribution in [3.63, 3.8) is 0 Å². The highest BCUT2D eigenvalue weighted by atomic mass is 19.1. The minimum Gasteiger partial charge on any atom is -0.454 e. The van der Waals surface area contributed by atoms with Crippen molar-refractivity contribution >= 4 is 5.71 Å². The lowest BCUT2D eigenvalue weighted by Crippen LogP contribution is -2.27. The predicted octanol–water partition coefficient (Wildman–Crippen LogP) is 2.98. The van der Waals surface area contributed by atoms with E-state index in [0.29, 0.717) is 30.8 Å². The number of halogens is 2. The molecule has 2 aliphatic rings. The Balaban J connectivity index is 1.30. The van der Waals surface area contributed by atoms with Crippen molar-refractivity contribution < 1.29 is 23.1 Å². The van der Waals surface area contributed by atoms with E-state index in [2.05, 4.69) is 10.5 Å². The molecule has 0 bridgehead atoms. The van der Waals surface area contributed by atoms with Crippen LogP contribution in [0.4, 0.5) is 8.78 Å². The van der Waals surface area contributed by atoms with Crippen LogP contribution in [0.1, 0.15) is 17.5 Å². The van der Waals surface area contributed by atoms with Gasteiger partial charge in [0, 0.05) is 36.7 Å². The van der Waals surface area contributed by atoms with E-state index >= 15 is 0 Å². The minimum atomic E-state index is -0.581. The molecule has 0 aromatic heterocycles. The Morgan fingerprint density at radius 3 is 2.84 bits per heavy atom. The maximum atomic E-state index is 13.6. The van der Waals surface area contributed by atoms with Crippen molar-refractivity contribution in [3.05, 3.63) is 59.2 Å². The fraction of sp³-hybridized carbons (Fsp3) is 0.278. The van der Waals surface area contributed by atoms with Crippen LogP contribution >= 0.6 is 0 Å². The molecule has 25 heavy (non-hydrogen) atoms. The third-order valence-electron chi connectivity index (χ3n) is 4.14. The molecule has 2 aliphatic heterocycles. The first kappa shape index (κ1) is 15.8. The molecule has 0 saturated heterocycles. The standard InChI is InChI=1S/C18H16F2N2O3/c19-13-3-1-12(15(20)6-13)8-21-9-14-7-16(22-25-14)11-2-4-17-18(5-11)24-10-23-17/h1-6,14,21H,7-10H2/t14-/m0/s1. The van der Waals surface area contributed by atoms with E-state index in [1.165, 1.54) is 12.1 Å². The van der Waals surface area contributed by atoms with Gasteiger partial charge in [-0.3, -0.25) is 0 Å². The zero-order valence-corrected chi connectivity index (χ0v) is 13.3. The third kappa shape index (κ3) is 3.41. The fourth-order valence-corrected chi connectivity index (χ4v) is 2.82. The maximum Gasteiger partial charge on any atom is 0.231 e. The molecular formula is C18H16F2N2O3. The van der Waals surface area contributed by atoms with Crippen molar-refractivity contribution in [3.8, 4) is 11.5 Å². The lowest BCUT2D eigenvalue weighted by molar-refractivity contribution is 0.0848. The van der Waals surface area contributed by atoms with Crippen LogP contribution in [0.25, 0.3) is 0 Å². The number of nitrogens with one attached hydrogen (secondary N) is 1. The van der Waals surface area contributed by atoms with Gasteiger partial charge in [-0.2, -0.15) is 0 Å². The number of benzene rings is 2. The first-order valence-electron chi connectivity index (χ1n) is 7.96. The molecule has 130 valence electrons. The Morgan fingerprint density at radius 2 is 1.96 bits per heavy atom. The van der Waals surface area contributed by atoms with Gasteiger partial charge in [-0.15, -0.1) is 0 Å². The van der Waals surface area contributed by atoms with E-state index < -0.39 is 11.6 Å². The average Bonchev–Trinajstić information content (AvgIpc) is 3.25. The van der Waals surface area contributed by atoms with E-state index in [1.54, 1.807) is 0 Å². The van der Waals surface area contributed by atoms with Crippen LogP contribution in [0.15, 0.2) is 41.6 Å². The summed E-state index contributed by atoms with van der Waals surface area (Å²) in [6, 6.07) is 9.20. The van der Waals surface area contributed by atoms with Crippen LogP contribution in [0.5, 0.6) is 11.5 Å². The molecule has 0 spiro atoms. The molecule has 0 fully saturated rings. The minimum absolute atomic E-state index is 0.135. The number of hydrogen-bond donors (Lipinski definition) is 1. The summed E-state index contributed by atoms with van der Waals surface area (Å²) in [7, 11) is 0. The summed E-state index contributed by atoms with van der Waals surface area (Å²) in [6.45, 7) is 1.04. The quantitative estimate of drug-likeness (QED) is 0.904. The highest BCUT2D eigenvalue weighted by Gasteiger charge is 2.24. The smallest absolute Gasteiger partial charge is 0.231 e. The fourth-order valence-electron chi connectivity index (χ4n) is 2.82. The molecule has 0 unspecified atom stereocenters. The second-order valence-electron chi connectivity index (χ2n) is 5.90. The summed E-state index contributed by atoms with van der Waals surface area (Å²) in [5, 5.41) is 7.24. The zero-order valence-electron chi connectivity index (χ0n) is 13.3. The Labute approximate surface area is 143 Å². The summed E-state index contributed by atoms with van der Waals surface area (Å²) in [6.07, 6.45) is 0.502. The largest absolute Gasteiger partial charge is 0.454 e. The molecule has 1 N–H and O–H groups in total. The van der Waals surface area contributed by atoms with E-state index in [0.717, 1.165) is 23.1 Å². The predicted molar refractivity (Wildman–Crippen MR) is 86.7 cm³/mol. The van der Waals surface area contributed by atoms with Gasteiger partial charge in [0.15, 0.2) is 11.5 Å². The van der Waals surface area contributed by atoms with Gasteiger partial charge in [-0.1, -0.05) is 11.2 Å². The molecule has 1 atom stereocenters. The maximum absolute atomic E-state index is 13.6. The lowest BCUT2D eigenvalue weighted by Gasteiger charge is -2.10. The molecule has 4 rings (SSSR count). The molecule has 2 aromatic carbocycles. The third-order valence-corrected chi connectivity index (χ3v) is 4.14. The number of fused-ring (bicyclic) bond motifs is 1. The number of nitrogens with zero attached hydrogens (tertiary/aromatic N) is 1. The molecule has 0 radical (unpaired) electrons. The van der Waals surface area contributed by atoms with Gasteiger partial charge in [-0.05, 0) is 24.3 Å². The number of ether oxygens (including phenoxy) is 2. The van der Waals surface area contributed by atoms with Gasteiger partial charge in [-0.25, -0.2) is 8.78 Å². The molecule has 5 nitrogen and oxygen atoms in total. The van der Waals surface area contributed by atoms with Crippen molar-refractivity contribution in [2.45, 2.75) is 19.1 Å². The van der Waals surface area contributed by atoms with Crippen LogP contribution in [0.2, 0.25) is 0 Å². The summed E-state index contributed by atoms with van der Waals surface area (Å²) in [5.41, 5.74) is 2.17. The average molecular weight is 346 g/mol. The van der Waals surface area contributed by atoms with Gasteiger partial charge in [0.1, 0.15) is 17.7 Å². The Hall–Kier alpha value is -2.67. The molecular weight excluding hydrogens is 330 g/mol. The van der Waals surface area contributed by atoms with E-state index in [4.69, 9.17) is 14.3 Å². The van der Waals surface area contributed by atoms with Crippen LogP contribution in [0.3, 0.4) is 0 Å². The monoisotopic (exact) mass is 346 g/mol. The van der Waals surface area contributed by atoms with Gasteiger partial charge >= 0.3 is 0 Å². The summed E-state index contributed by atoms with van der Waals surface area (Å²) >= 11 is 0. The van der Waals surface area contributed by atoms with Crippen LogP contribution < -0.4 is 14.8 Å². The van der Waals surface area contributed by atoms with Gasteiger partial charge in [0.25, 0.3) is 0 Å². The molecule has 0 aliphatic carbocycles. The second kappa shape index (κ2) is 6.68. The van der Waals surface area contributed by atoms with Gasteiger partial charge in [0.2, 0.25) is 6.79 Å². The molecule has 2 aromatic rings. The Kier molecular flexibility index (Phi) is 4.23. The highest BCUT2D eigenvalue weighted by Crippen LogP contribution is 2.33. The Bertz CT molecular complexity index is 826. The summed E-state index contributed by atoms with van der Waals surface area (Å²) < 4.78 is 37.1. The summed E-state index contributed by atoms with van der Waals surface area (Å²) in [4.78, 5) is 5.43. The molecule has 0 amide bonds. The van der Waals surface area contributed by atoms with Gasteiger partial charge < -0.3 is 19.6 Å². The second-order valence-corrected chi connectivity index (χ2v) is 5.90. The van der Waals surface area contributed by atoms with Crippen molar-refractivity contribution in [2.75, 3.05) is 13.3 Å². The van der Waals surface area contributed by atoms with Crippen molar-refractivity contribution in [1.82, 2.24) is 5.32 Å². The first-order valence-corrected chi connectivity index (χ1v) is 7.96. The van der Waals surface area contributed by atoms with Gasteiger partial charge in [0.05, 0.1) is 5.71 Å². The number of rotatable bonds is 5. The summed E-state index contributed by atoms with van der Waals surface area (Å²) in [5.74, 6) is 0.288. The number of oxime groups is 1. The van der Waals surface area contributed by atoms with Crippen molar-refractivity contribution in [2.24, 2.45) is 5.16 Å². The normalized spacial score (nSPS) is 18.2. The van der Waals surface area contributed by atoms with Crippen LogP contribution in [-0.4, -0.2) is 25.2 Å². The first-order chi connectivity index (χ1) is 12.2.